The summed E-state index contributed by atoms with van der Waals surface area (Å²) in [6, 6.07) is 2.61. The van der Waals surface area contributed by atoms with Gasteiger partial charge in [0.05, 0.1) is 12.6 Å². The SMILES string of the molecule is C[C@H](NCc1nccn1C)[C@H](C)n1cccn1. The highest BCUT2D eigenvalue weighted by Gasteiger charge is 2.14. The van der Waals surface area contributed by atoms with Gasteiger partial charge in [0.25, 0.3) is 0 Å². The van der Waals surface area contributed by atoms with Crippen molar-refractivity contribution in [3.8, 4) is 0 Å². The van der Waals surface area contributed by atoms with Crippen LogP contribution in [0.2, 0.25) is 0 Å². The molecule has 0 aromatic carbocycles. The van der Waals surface area contributed by atoms with E-state index < -0.39 is 0 Å². The molecule has 0 saturated heterocycles. The Hall–Kier alpha value is -1.62. The molecule has 2 aromatic rings. The number of aryl methyl sites for hydroxylation is 1. The largest absolute Gasteiger partial charge is 0.337 e. The van der Waals surface area contributed by atoms with Crippen LogP contribution in [0.5, 0.6) is 0 Å². The zero-order valence-electron chi connectivity index (χ0n) is 10.5. The first-order chi connectivity index (χ1) is 8.18. The van der Waals surface area contributed by atoms with Crippen LogP contribution in [0.1, 0.15) is 25.7 Å². The van der Waals surface area contributed by atoms with Gasteiger partial charge in [0.15, 0.2) is 0 Å². The second-order valence-electron chi connectivity index (χ2n) is 4.35. The molecule has 0 bridgehead atoms. The lowest BCUT2D eigenvalue weighted by molar-refractivity contribution is 0.361. The topological polar surface area (TPSA) is 47.7 Å². The van der Waals surface area contributed by atoms with Crippen molar-refractivity contribution in [2.45, 2.75) is 32.5 Å². The monoisotopic (exact) mass is 233 g/mol. The molecule has 0 fully saturated rings. The average molecular weight is 233 g/mol. The van der Waals surface area contributed by atoms with Crippen LogP contribution >= 0.6 is 0 Å². The summed E-state index contributed by atoms with van der Waals surface area (Å²) in [4.78, 5) is 4.29. The molecule has 0 radical (unpaired) electrons. The Morgan fingerprint density at radius 3 is 2.71 bits per heavy atom. The third-order valence-corrected chi connectivity index (χ3v) is 3.17. The van der Waals surface area contributed by atoms with Gasteiger partial charge in [-0.15, -0.1) is 0 Å². The summed E-state index contributed by atoms with van der Waals surface area (Å²) in [7, 11) is 2.01. The van der Waals surface area contributed by atoms with Gasteiger partial charge < -0.3 is 9.88 Å². The third-order valence-electron chi connectivity index (χ3n) is 3.17. The van der Waals surface area contributed by atoms with Crippen LogP contribution in [-0.4, -0.2) is 25.4 Å². The number of imidazole rings is 1. The first-order valence-corrected chi connectivity index (χ1v) is 5.87. The van der Waals surface area contributed by atoms with Crippen molar-refractivity contribution in [1.82, 2.24) is 24.6 Å². The summed E-state index contributed by atoms with van der Waals surface area (Å²) >= 11 is 0. The lowest BCUT2D eigenvalue weighted by Gasteiger charge is -2.21. The number of hydrogen-bond donors (Lipinski definition) is 1. The lowest BCUT2D eigenvalue weighted by atomic mass is 10.2. The van der Waals surface area contributed by atoms with Crippen molar-refractivity contribution in [2.75, 3.05) is 0 Å². The molecule has 0 unspecified atom stereocenters. The molecule has 92 valence electrons. The summed E-state index contributed by atoms with van der Waals surface area (Å²) in [5.41, 5.74) is 0. The fraction of sp³-hybridized carbons (Fsp3) is 0.500. The van der Waals surface area contributed by atoms with Gasteiger partial charge in [-0.2, -0.15) is 5.10 Å². The maximum Gasteiger partial charge on any atom is 0.122 e. The summed E-state index contributed by atoms with van der Waals surface area (Å²) in [5.74, 6) is 1.05. The Morgan fingerprint density at radius 2 is 2.12 bits per heavy atom. The van der Waals surface area contributed by atoms with Crippen molar-refractivity contribution < 1.29 is 0 Å². The second-order valence-corrected chi connectivity index (χ2v) is 4.35. The predicted molar refractivity (Wildman–Crippen MR) is 66.4 cm³/mol. The van der Waals surface area contributed by atoms with Crippen molar-refractivity contribution in [2.24, 2.45) is 7.05 Å². The average Bonchev–Trinajstić information content (AvgIpc) is 2.96. The quantitative estimate of drug-likeness (QED) is 0.848. The van der Waals surface area contributed by atoms with E-state index in [1.54, 1.807) is 0 Å². The maximum atomic E-state index is 4.29. The van der Waals surface area contributed by atoms with Crippen molar-refractivity contribution in [1.29, 1.82) is 0 Å². The van der Waals surface area contributed by atoms with E-state index in [2.05, 4.69) is 29.2 Å². The van der Waals surface area contributed by atoms with E-state index in [-0.39, 0.29) is 0 Å². The second kappa shape index (κ2) is 5.14. The van der Waals surface area contributed by atoms with E-state index in [0.29, 0.717) is 12.1 Å². The maximum absolute atomic E-state index is 4.29. The molecule has 5 nitrogen and oxygen atoms in total. The molecule has 1 N–H and O–H groups in total. The Labute approximate surface area is 101 Å². The van der Waals surface area contributed by atoms with Gasteiger partial charge in [-0.3, -0.25) is 4.68 Å². The molecule has 0 aliphatic heterocycles. The highest BCUT2D eigenvalue weighted by atomic mass is 15.3. The predicted octanol–water partition coefficient (Wildman–Crippen LogP) is 1.36. The van der Waals surface area contributed by atoms with Crippen LogP contribution < -0.4 is 5.32 Å². The Bertz CT molecular complexity index is 445. The lowest BCUT2D eigenvalue weighted by Crippen LogP contribution is -2.34. The normalized spacial score (nSPS) is 14.8. The Kier molecular flexibility index (Phi) is 3.58. The van der Waals surface area contributed by atoms with Crippen LogP contribution in [0.3, 0.4) is 0 Å². The fourth-order valence-corrected chi connectivity index (χ4v) is 1.74. The highest BCUT2D eigenvalue weighted by Crippen LogP contribution is 2.09. The number of nitrogens with zero attached hydrogens (tertiary/aromatic N) is 4. The minimum absolute atomic E-state index is 0.324. The molecule has 2 aromatic heterocycles. The van der Waals surface area contributed by atoms with Crippen LogP contribution in [0.4, 0.5) is 0 Å². The van der Waals surface area contributed by atoms with Crippen LogP contribution in [0, 0.1) is 0 Å². The minimum atomic E-state index is 0.324. The molecule has 2 rings (SSSR count). The van der Waals surface area contributed by atoms with E-state index in [0.717, 1.165) is 12.4 Å². The molecular weight excluding hydrogens is 214 g/mol. The molecule has 0 amide bonds. The zero-order chi connectivity index (χ0) is 12.3. The summed E-state index contributed by atoms with van der Waals surface area (Å²) in [6.07, 6.45) is 7.57. The van der Waals surface area contributed by atoms with Gasteiger partial charge in [0.1, 0.15) is 5.82 Å². The standard InChI is InChI=1S/C12H19N5/c1-10(11(2)17-7-4-5-15-17)14-9-12-13-6-8-16(12)3/h4-8,10-11,14H,9H2,1-3H3/t10-,11-/m0/s1. The Morgan fingerprint density at radius 1 is 1.29 bits per heavy atom. The number of aromatic nitrogens is 4. The Balaban J connectivity index is 1.89. The van der Waals surface area contributed by atoms with Crippen LogP contribution in [0.15, 0.2) is 30.9 Å². The van der Waals surface area contributed by atoms with Crippen molar-refractivity contribution >= 4 is 0 Å². The highest BCUT2D eigenvalue weighted by molar-refractivity contribution is 4.91. The van der Waals surface area contributed by atoms with E-state index in [1.165, 1.54) is 0 Å². The number of nitrogens with one attached hydrogen (secondary N) is 1. The van der Waals surface area contributed by atoms with Gasteiger partial charge >= 0.3 is 0 Å². The van der Waals surface area contributed by atoms with Crippen LogP contribution in [0.25, 0.3) is 0 Å². The number of hydrogen-bond acceptors (Lipinski definition) is 3. The molecule has 0 saturated carbocycles. The first kappa shape index (κ1) is 11.9. The molecule has 5 heteroatoms. The van der Waals surface area contributed by atoms with Gasteiger partial charge in [-0.05, 0) is 19.9 Å². The fourth-order valence-electron chi connectivity index (χ4n) is 1.74. The van der Waals surface area contributed by atoms with Crippen molar-refractivity contribution in [3.05, 3.63) is 36.7 Å². The van der Waals surface area contributed by atoms with Gasteiger partial charge in [-0.1, -0.05) is 0 Å². The molecular formula is C12H19N5. The summed E-state index contributed by atoms with van der Waals surface area (Å²) in [6.45, 7) is 5.09. The summed E-state index contributed by atoms with van der Waals surface area (Å²) < 4.78 is 3.99. The smallest absolute Gasteiger partial charge is 0.122 e. The molecule has 17 heavy (non-hydrogen) atoms. The van der Waals surface area contributed by atoms with E-state index in [9.17, 15) is 0 Å². The van der Waals surface area contributed by atoms with E-state index in [4.69, 9.17) is 0 Å². The summed E-state index contributed by atoms with van der Waals surface area (Å²) in [5, 5.41) is 7.73. The molecule has 0 spiro atoms. The number of rotatable bonds is 5. The molecule has 2 heterocycles. The van der Waals surface area contributed by atoms with Crippen molar-refractivity contribution in [3.63, 3.8) is 0 Å². The van der Waals surface area contributed by atoms with E-state index >= 15 is 0 Å². The molecule has 0 aliphatic carbocycles. The minimum Gasteiger partial charge on any atom is -0.337 e. The molecule has 0 aliphatic rings. The van der Waals surface area contributed by atoms with Gasteiger partial charge in [-0.25, -0.2) is 4.98 Å². The van der Waals surface area contributed by atoms with Gasteiger partial charge in [0.2, 0.25) is 0 Å². The van der Waals surface area contributed by atoms with Crippen LogP contribution in [-0.2, 0) is 13.6 Å². The third kappa shape index (κ3) is 2.74. The molecule has 2 atom stereocenters. The van der Waals surface area contributed by atoms with Gasteiger partial charge in [0, 0.05) is 37.9 Å². The zero-order valence-corrected chi connectivity index (χ0v) is 10.5. The first-order valence-electron chi connectivity index (χ1n) is 5.87. The van der Waals surface area contributed by atoms with E-state index in [1.807, 2.05) is 47.2 Å².